The second-order valence-corrected chi connectivity index (χ2v) is 8.71. The molecule has 1 saturated heterocycles. The average Bonchev–Trinajstić information content (AvgIpc) is 2.89. The zero-order valence-electron chi connectivity index (χ0n) is 20.1. The van der Waals surface area contributed by atoms with E-state index in [0.29, 0.717) is 56.4 Å². The summed E-state index contributed by atoms with van der Waals surface area (Å²) in [5.74, 6) is 0.556. The minimum absolute atomic E-state index is 0.131. The first-order valence-corrected chi connectivity index (χ1v) is 11.9. The Labute approximate surface area is 205 Å². The maximum atomic E-state index is 13.0. The third-order valence-electron chi connectivity index (χ3n) is 5.73. The number of carbonyl (C=O) groups excluding carboxylic acids is 2. The van der Waals surface area contributed by atoms with Crippen LogP contribution in [-0.2, 0) is 6.42 Å². The lowest BCUT2D eigenvalue weighted by Crippen LogP contribution is -2.49. The maximum Gasteiger partial charge on any atom is 0.272 e. The predicted octanol–water partition coefficient (Wildman–Crippen LogP) is 2.63. The Kier molecular flexibility index (Phi) is 7.87. The van der Waals surface area contributed by atoms with Gasteiger partial charge in [0, 0.05) is 69.5 Å². The van der Waals surface area contributed by atoms with Crippen molar-refractivity contribution < 1.29 is 9.59 Å². The van der Waals surface area contributed by atoms with Crippen LogP contribution < -0.4 is 15.5 Å². The van der Waals surface area contributed by atoms with Crippen LogP contribution in [0.25, 0.3) is 0 Å². The second kappa shape index (κ2) is 11.4. The Hall–Kier alpha value is -4.01. The molecule has 4 rings (SSSR count). The van der Waals surface area contributed by atoms with Crippen LogP contribution in [0.3, 0.4) is 0 Å². The molecular weight excluding hydrogens is 442 g/mol. The van der Waals surface area contributed by atoms with Crippen molar-refractivity contribution in [1.29, 1.82) is 0 Å². The number of aromatic nitrogens is 3. The van der Waals surface area contributed by atoms with Crippen molar-refractivity contribution in [1.82, 2.24) is 25.2 Å². The van der Waals surface area contributed by atoms with Gasteiger partial charge < -0.3 is 20.4 Å². The molecule has 0 saturated carbocycles. The number of nitrogens with zero attached hydrogens (tertiary/aromatic N) is 5. The molecule has 3 aromatic rings. The summed E-state index contributed by atoms with van der Waals surface area (Å²) in [6, 6.07) is 13.2. The van der Waals surface area contributed by atoms with E-state index in [1.165, 1.54) is 6.20 Å². The number of rotatable bonds is 8. The van der Waals surface area contributed by atoms with Crippen LogP contribution in [-0.4, -0.2) is 70.4 Å². The molecule has 1 aliphatic heterocycles. The highest BCUT2D eigenvalue weighted by Crippen LogP contribution is 2.24. The van der Waals surface area contributed by atoms with E-state index in [4.69, 9.17) is 0 Å². The topological polar surface area (TPSA) is 103 Å². The minimum Gasteiger partial charge on any atom is -0.380 e. The molecule has 1 aliphatic rings. The molecule has 9 heteroatoms. The summed E-state index contributed by atoms with van der Waals surface area (Å²) in [5, 5.41) is 6.30. The van der Waals surface area contributed by atoms with E-state index >= 15 is 0 Å². The quantitative estimate of drug-likeness (QED) is 0.518. The molecular formula is C26H31N7O2. The SMILES string of the molecule is CC(C)Nc1cccnc1N1CCN(C(=O)c2ccc(C(=O)NCCc3ccccn3)cn2)CC1. The van der Waals surface area contributed by atoms with Crippen molar-refractivity contribution in [2.24, 2.45) is 0 Å². The summed E-state index contributed by atoms with van der Waals surface area (Å²) >= 11 is 0. The van der Waals surface area contributed by atoms with E-state index in [1.54, 1.807) is 29.4 Å². The number of nitrogens with one attached hydrogen (secondary N) is 2. The van der Waals surface area contributed by atoms with Gasteiger partial charge in [-0.05, 0) is 50.2 Å². The summed E-state index contributed by atoms with van der Waals surface area (Å²) in [4.78, 5) is 42.4. The number of pyridine rings is 3. The van der Waals surface area contributed by atoms with Crippen LogP contribution in [0.2, 0.25) is 0 Å². The first-order chi connectivity index (χ1) is 17.0. The van der Waals surface area contributed by atoms with Gasteiger partial charge in [0.25, 0.3) is 11.8 Å². The Balaban J connectivity index is 1.29. The first-order valence-electron chi connectivity index (χ1n) is 11.9. The fourth-order valence-corrected chi connectivity index (χ4v) is 3.96. The molecule has 4 heterocycles. The molecule has 0 spiro atoms. The molecule has 2 N–H and O–H groups in total. The molecule has 0 bridgehead atoms. The highest BCUT2D eigenvalue weighted by Gasteiger charge is 2.25. The summed E-state index contributed by atoms with van der Waals surface area (Å²) < 4.78 is 0. The highest BCUT2D eigenvalue weighted by molar-refractivity contribution is 5.96. The molecule has 2 amide bonds. The number of carbonyl (C=O) groups is 2. The van der Waals surface area contributed by atoms with Crippen LogP contribution in [0.1, 0.15) is 40.4 Å². The van der Waals surface area contributed by atoms with Gasteiger partial charge in [0.15, 0.2) is 5.82 Å². The van der Waals surface area contributed by atoms with Crippen molar-refractivity contribution in [2.75, 3.05) is 42.9 Å². The Morgan fingerprint density at radius 3 is 2.43 bits per heavy atom. The number of amides is 2. The zero-order valence-corrected chi connectivity index (χ0v) is 20.1. The molecule has 0 aliphatic carbocycles. The van der Waals surface area contributed by atoms with Gasteiger partial charge in [-0.25, -0.2) is 4.98 Å². The molecule has 1 fully saturated rings. The molecule has 0 atom stereocenters. The van der Waals surface area contributed by atoms with Gasteiger partial charge >= 0.3 is 0 Å². The van der Waals surface area contributed by atoms with E-state index in [9.17, 15) is 9.59 Å². The minimum atomic E-state index is -0.220. The number of piperazine rings is 1. The zero-order chi connectivity index (χ0) is 24.6. The normalized spacial score (nSPS) is 13.6. The number of anilines is 2. The molecule has 3 aromatic heterocycles. The number of hydrogen-bond acceptors (Lipinski definition) is 7. The van der Waals surface area contributed by atoms with Crippen LogP contribution in [0, 0.1) is 0 Å². The molecule has 0 unspecified atom stereocenters. The first kappa shape index (κ1) is 24.1. The molecule has 9 nitrogen and oxygen atoms in total. The van der Waals surface area contributed by atoms with Crippen LogP contribution in [0.4, 0.5) is 11.5 Å². The van der Waals surface area contributed by atoms with Crippen molar-refractivity contribution in [3.05, 3.63) is 78.0 Å². The van der Waals surface area contributed by atoms with Crippen molar-refractivity contribution in [2.45, 2.75) is 26.3 Å². The molecule has 182 valence electrons. The third-order valence-corrected chi connectivity index (χ3v) is 5.73. The lowest BCUT2D eigenvalue weighted by molar-refractivity contribution is 0.0740. The van der Waals surface area contributed by atoms with Crippen molar-refractivity contribution in [3.63, 3.8) is 0 Å². The van der Waals surface area contributed by atoms with Gasteiger partial charge in [0.1, 0.15) is 5.69 Å². The van der Waals surface area contributed by atoms with E-state index < -0.39 is 0 Å². The van der Waals surface area contributed by atoms with E-state index in [2.05, 4.69) is 44.3 Å². The highest BCUT2D eigenvalue weighted by atomic mass is 16.2. The van der Waals surface area contributed by atoms with Gasteiger partial charge in [-0.1, -0.05) is 6.07 Å². The standard InChI is InChI=1S/C26H31N7O2/c1-19(2)31-22-7-5-12-28-24(22)32-14-16-33(17-15-32)26(35)23-9-8-20(18-30-23)25(34)29-13-10-21-6-3-4-11-27-21/h3-9,11-12,18-19,31H,10,13-17H2,1-2H3,(H,29,34). The lowest BCUT2D eigenvalue weighted by atomic mass is 10.2. The Morgan fingerprint density at radius 2 is 1.74 bits per heavy atom. The fraction of sp³-hybridized carbons (Fsp3) is 0.346. The summed E-state index contributed by atoms with van der Waals surface area (Å²) in [5.41, 5.74) is 2.68. The summed E-state index contributed by atoms with van der Waals surface area (Å²) in [6.07, 6.45) is 5.63. The van der Waals surface area contributed by atoms with Gasteiger partial charge in [-0.2, -0.15) is 0 Å². The van der Waals surface area contributed by atoms with Gasteiger partial charge in [-0.3, -0.25) is 19.6 Å². The monoisotopic (exact) mass is 473 g/mol. The maximum absolute atomic E-state index is 13.0. The largest absolute Gasteiger partial charge is 0.380 e. The molecule has 35 heavy (non-hydrogen) atoms. The van der Waals surface area contributed by atoms with Gasteiger partial charge in [-0.15, -0.1) is 0 Å². The lowest BCUT2D eigenvalue weighted by Gasteiger charge is -2.36. The van der Waals surface area contributed by atoms with Crippen LogP contribution in [0.5, 0.6) is 0 Å². The van der Waals surface area contributed by atoms with E-state index in [-0.39, 0.29) is 11.8 Å². The van der Waals surface area contributed by atoms with Crippen LogP contribution in [0.15, 0.2) is 61.1 Å². The number of hydrogen-bond donors (Lipinski definition) is 2. The predicted molar refractivity (Wildman–Crippen MR) is 136 cm³/mol. The smallest absolute Gasteiger partial charge is 0.272 e. The van der Waals surface area contributed by atoms with Gasteiger partial charge in [0.05, 0.1) is 11.3 Å². The van der Waals surface area contributed by atoms with Crippen molar-refractivity contribution >= 4 is 23.3 Å². The van der Waals surface area contributed by atoms with Crippen molar-refractivity contribution in [3.8, 4) is 0 Å². The molecule has 0 radical (unpaired) electrons. The summed E-state index contributed by atoms with van der Waals surface area (Å²) in [7, 11) is 0. The summed E-state index contributed by atoms with van der Waals surface area (Å²) in [6.45, 7) is 7.20. The third kappa shape index (κ3) is 6.32. The Morgan fingerprint density at radius 1 is 0.943 bits per heavy atom. The van der Waals surface area contributed by atoms with E-state index in [0.717, 1.165) is 17.2 Å². The van der Waals surface area contributed by atoms with Crippen LogP contribution >= 0.6 is 0 Å². The Bertz CT molecular complexity index is 1130. The molecule has 0 aromatic carbocycles. The van der Waals surface area contributed by atoms with E-state index in [1.807, 2.05) is 30.3 Å². The van der Waals surface area contributed by atoms with Gasteiger partial charge in [0.2, 0.25) is 0 Å². The average molecular weight is 474 g/mol. The fourth-order valence-electron chi connectivity index (χ4n) is 3.96. The second-order valence-electron chi connectivity index (χ2n) is 8.71.